The fraction of sp³-hybridized carbons (Fsp3) is 0.800. The molecule has 0 aromatic rings. The highest BCUT2D eigenvalue weighted by molar-refractivity contribution is 5.76. The van der Waals surface area contributed by atoms with E-state index in [0.29, 0.717) is 6.42 Å². The minimum absolute atomic E-state index is 0.00625. The fourth-order valence-electron chi connectivity index (χ4n) is 1.04. The van der Waals surface area contributed by atoms with Crippen LogP contribution in [0.2, 0.25) is 0 Å². The summed E-state index contributed by atoms with van der Waals surface area (Å²) < 4.78 is 0. The van der Waals surface area contributed by atoms with Gasteiger partial charge < -0.3 is 20.6 Å². The van der Waals surface area contributed by atoms with Crippen molar-refractivity contribution in [3.8, 4) is 0 Å². The zero-order valence-electron chi connectivity index (χ0n) is 9.56. The molecule has 0 bridgehead atoms. The first-order chi connectivity index (χ1) is 7.25. The predicted octanol–water partition coefficient (Wildman–Crippen LogP) is -0.306. The van der Waals surface area contributed by atoms with Gasteiger partial charge in [0.2, 0.25) is 5.91 Å². The van der Waals surface area contributed by atoms with E-state index in [1.54, 1.807) is 13.8 Å². The van der Waals surface area contributed by atoms with Crippen molar-refractivity contribution in [1.82, 2.24) is 5.32 Å². The first-order valence-corrected chi connectivity index (χ1v) is 5.10. The second kappa shape index (κ2) is 6.44. The Labute approximate surface area is 94.3 Å². The Hall–Kier alpha value is -1.14. The average Bonchev–Trinajstić information content (AvgIpc) is 2.11. The molecule has 0 aromatic carbocycles. The lowest BCUT2D eigenvalue weighted by atomic mass is 9.88. The number of aliphatic carboxylic acids is 1. The summed E-state index contributed by atoms with van der Waals surface area (Å²) in [5.74, 6) is -1.22. The van der Waals surface area contributed by atoms with Gasteiger partial charge in [0.15, 0.2) is 6.29 Å². The second-order valence-electron chi connectivity index (χ2n) is 4.39. The van der Waals surface area contributed by atoms with E-state index in [0.717, 1.165) is 0 Å². The van der Waals surface area contributed by atoms with Crippen molar-refractivity contribution in [2.45, 2.75) is 39.4 Å². The summed E-state index contributed by atoms with van der Waals surface area (Å²) in [6.07, 6.45) is -1.20. The van der Waals surface area contributed by atoms with Gasteiger partial charge in [0, 0.05) is 24.8 Å². The Morgan fingerprint density at radius 1 is 1.31 bits per heavy atom. The van der Waals surface area contributed by atoms with Gasteiger partial charge in [-0.05, 0) is 6.42 Å². The van der Waals surface area contributed by atoms with Crippen LogP contribution in [0, 0.1) is 5.41 Å². The molecule has 0 spiro atoms. The van der Waals surface area contributed by atoms with Crippen molar-refractivity contribution in [2.75, 3.05) is 6.54 Å². The molecule has 0 aliphatic heterocycles. The summed E-state index contributed by atoms with van der Waals surface area (Å²) in [5, 5.41) is 28.8. The molecule has 0 rings (SSSR count). The minimum Gasteiger partial charge on any atom is -0.481 e. The maximum atomic E-state index is 11.3. The number of hydrogen-bond acceptors (Lipinski definition) is 4. The summed E-state index contributed by atoms with van der Waals surface area (Å²) in [7, 11) is 0. The van der Waals surface area contributed by atoms with Crippen molar-refractivity contribution in [3.63, 3.8) is 0 Å². The number of carbonyl (C=O) groups excluding carboxylic acids is 1. The quantitative estimate of drug-likeness (QED) is 0.356. The molecule has 0 saturated carbocycles. The van der Waals surface area contributed by atoms with Crippen molar-refractivity contribution in [2.24, 2.45) is 5.41 Å². The van der Waals surface area contributed by atoms with E-state index in [2.05, 4.69) is 5.32 Å². The molecule has 0 atom stereocenters. The van der Waals surface area contributed by atoms with Gasteiger partial charge in [0.1, 0.15) is 0 Å². The van der Waals surface area contributed by atoms with Crippen LogP contribution in [0.15, 0.2) is 0 Å². The molecule has 0 saturated heterocycles. The van der Waals surface area contributed by atoms with Crippen LogP contribution < -0.4 is 5.32 Å². The largest absolute Gasteiger partial charge is 0.481 e. The Bertz CT molecular complexity index is 250. The second-order valence-corrected chi connectivity index (χ2v) is 4.39. The van der Waals surface area contributed by atoms with Crippen LogP contribution in [-0.4, -0.2) is 40.0 Å². The van der Waals surface area contributed by atoms with Crippen LogP contribution in [0.4, 0.5) is 0 Å². The van der Waals surface area contributed by atoms with Gasteiger partial charge in [-0.3, -0.25) is 9.59 Å². The third kappa shape index (κ3) is 6.36. The molecule has 4 N–H and O–H groups in total. The van der Waals surface area contributed by atoms with Gasteiger partial charge >= 0.3 is 5.97 Å². The molecule has 16 heavy (non-hydrogen) atoms. The number of aliphatic hydroxyl groups excluding tert-OH is 1. The minimum atomic E-state index is -1.56. The zero-order valence-corrected chi connectivity index (χ0v) is 9.56. The first-order valence-electron chi connectivity index (χ1n) is 5.10. The first kappa shape index (κ1) is 14.9. The summed E-state index contributed by atoms with van der Waals surface area (Å²) in [5.41, 5.74) is -0.906. The van der Waals surface area contributed by atoms with Gasteiger partial charge in [0.25, 0.3) is 0 Å². The van der Waals surface area contributed by atoms with Crippen LogP contribution in [0.5, 0.6) is 0 Å². The van der Waals surface area contributed by atoms with E-state index in [4.69, 9.17) is 15.3 Å². The van der Waals surface area contributed by atoms with Crippen molar-refractivity contribution < 1.29 is 24.9 Å². The van der Waals surface area contributed by atoms with Gasteiger partial charge in [-0.1, -0.05) is 13.8 Å². The molecular weight excluding hydrogens is 214 g/mol. The Morgan fingerprint density at radius 2 is 1.88 bits per heavy atom. The molecular formula is C10H19NO5. The molecule has 94 valence electrons. The van der Waals surface area contributed by atoms with E-state index in [1.807, 2.05) is 0 Å². The third-order valence-electron chi connectivity index (χ3n) is 2.20. The Kier molecular flexibility index (Phi) is 5.98. The lowest BCUT2D eigenvalue weighted by Crippen LogP contribution is -2.36. The van der Waals surface area contributed by atoms with Crippen molar-refractivity contribution in [1.29, 1.82) is 0 Å². The van der Waals surface area contributed by atoms with E-state index in [1.165, 1.54) is 0 Å². The number of carboxylic acids is 1. The monoisotopic (exact) mass is 233 g/mol. The molecule has 1 amide bonds. The number of aliphatic hydroxyl groups is 2. The molecule has 6 heteroatoms. The van der Waals surface area contributed by atoms with Crippen LogP contribution in [0.1, 0.15) is 33.1 Å². The van der Waals surface area contributed by atoms with E-state index in [9.17, 15) is 9.59 Å². The topological polar surface area (TPSA) is 107 Å². The highest BCUT2D eigenvalue weighted by atomic mass is 16.5. The Morgan fingerprint density at radius 3 is 2.31 bits per heavy atom. The molecule has 0 radical (unpaired) electrons. The summed E-state index contributed by atoms with van der Waals surface area (Å²) in [4.78, 5) is 21.5. The number of rotatable bonds is 7. The van der Waals surface area contributed by atoms with Crippen molar-refractivity contribution in [3.05, 3.63) is 0 Å². The summed E-state index contributed by atoms with van der Waals surface area (Å²) in [6, 6.07) is 0. The molecule has 0 aromatic heterocycles. The third-order valence-corrected chi connectivity index (χ3v) is 2.20. The van der Waals surface area contributed by atoms with Crippen LogP contribution in [0.3, 0.4) is 0 Å². The van der Waals surface area contributed by atoms with Gasteiger partial charge in [0.05, 0.1) is 0 Å². The zero-order chi connectivity index (χ0) is 12.8. The van der Waals surface area contributed by atoms with Crippen LogP contribution in [-0.2, 0) is 9.59 Å². The SMILES string of the molecule is CC(C)(CC(=O)NCCCC(=O)O)C(O)O. The molecule has 6 nitrogen and oxygen atoms in total. The predicted molar refractivity (Wildman–Crippen MR) is 56.5 cm³/mol. The van der Waals surface area contributed by atoms with Crippen molar-refractivity contribution >= 4 is 11.9 Å². The van der Waals surface area contributed by atoms with E-state index in [-0.39, 0.29) is 25.3 Å². The molecule has 0 heterocycles. The van der Waals surface area contributed by atoms with Gasteiger partial charge in [-0.15, -0.1) is 0 Å². The van der Waals surface area contributed by atoms with Crippen LogP contribution >= 0.6 is 0 Å². The fourth-order valence-corrected chi connectivity index (χ4v) is 1.04. The lowest BCUT2D eigenvalue weighted by molar-refractivity contribution is -0.142. The average molecular weight is 233 g/mol. The number of carbonyl (C=O) groups is 2. The lowest BCUT2D eigenvalue weighted by Gasteiger charge is -2.25. The Balaban J connectivity index is 3.79. The summed E-state index contributed by atoms with van der Waals surface area (Å²) >= 11 is 0. The standard InChI is InChI=1S/C10H19NO5/c1-10(2,9(15)16)6-7(12)11-5-3-4-8(13)14/h9,15-16H,3-6H2,1-2H3,(H,11,12)(H,13,14). The smallest absolute Gasteiger partial charge is 0.303 e. The maximum Gasteiger partial charge on any atom is 0.303 e. The normalized spacial score (nSPS) is 11.6. The van der Waals surface area contributed by atoms with E-state index >= 15 is 0 Å². The molecule has 0 unspecified atom stereocenters. The van der Waals surface area contributed by atoms with Gasteiger partial charge in [-0.25, -0.2) is 0 Å². The van der Waals surface area contributed by atoms with Crippen LogP contribution in [0.25, 0.3) is 0 Å². The highest BCUT2D eigenvalue weighted by Gasteiger charge is 2.28. The molecule has 0 fully saturated rings. The number of amides is 1. The molecule has 0 aliphatic carbocycles. The van der Waals surface area contributed by atoms with Gasteiger partial charge in [-0.2, -0.15) is 0 Å². The molecule has 0 aliphatic rings. The van der Waals surface area contributed by atoms with E-state index < -0.39 is 17.7 Å². The highest BCUT2D eigenvalue weighted by Crippen LogP contribution is 2.23. The number of carboxylic acid groups (broad SMARTS) is 1. The number of nitrogens with one attached hydrogen (secondary N) is 1. The number of hydrogen-bond donors (Lipinski definition) is 4. The summed E-state index contributed by atoms with van der Waals surface area (Å²) in [6.45, 7) is 3.41. The maximum absolute atomic E-state index is 11.3.